The van der Waals surface area contributed by atoms with Crippen LogP contribution in [0.25, 0.3) is 0 Å². The Balaban J connectivity index is 2.44. The average Bonchev–Trinajstić information content (AvgIpc) is 2.42. The van der Waals surface area contributed by atoms with Crippen LogP contribution in [-0.4, -0.2) is 28.8 Å². The molecule has 0 amide bonds. The molecule has 0 spiro atoms. The van der Waals surface area contributed by atoms with Crippen LogP contribution in [0.1, 0.15) is 30.9 Å². The summed E-state index contributed by atoms with van der Waals surface area (Å²) in [4.78, 5) is 0. The van der Waals surface area contributed by atoms with Crippen LogP contribution in [0.15, 0.2) is 29.4 Å². The Morgan fingerprint density at radius 1 is 1.39 bits per heavy atom. The first kappa shape index (κ1) is 14.5. The molecule has 5 nitrogen and oxygen atoms in total. The minimum absolute atomic E-state index is 0.117. The Bertz CT molecular complexity index is 376. The van der Waals surface area contributed by atoms with Crippen molar-refractivity contribution < 1.29 is 10.3 Å². The molecule has 18 heavy (non-hydrogen) atoms. The minimum atomic E-state index is 0.117. The monoisotopic (exact) mass is 251 g/mol. The maximum absolute atomic E-state index is 8.74. The number of rotatable bonds is 7. The lowest BCUT2D eigenvalue weighted by atomic mass is 10.1. The fraction of sp³-hybridized carbons (Fsp3) is 0.462. The van der Waals surface area contributed by atoms with Gasteiger partial charge in [-0.3, -0.25) is 0 Å². The molecule has 1 atom stereocenters. The van der Waals surface area contributed by atoms with Gasteiger partial charge in [0, 0.05) is 24.8 Å². The van der Waals surface area contributed by atoms with Gasteiger partial charge in [-0.05, 0) is 25.3 Å². The molecular formula is C13H21N3O2. The summed E-state index contributed by atoms with van der Waals surface area (Å²) in [7, 11) is 0. The molecule has 1 rings (SSSR count). The first-order valence-corrected chi connectivity index (χ1v) is 6.08. The van der Waals surface area contributed by atoms with E-state index in [0.717, 1.165) is 24.9 Å². The summed E-state index contributed by atoms with van der Waals surface area (Å²) in [5, 5.41) is 23.6. The zero-order chi connectivity index (χ0) is 13.4. The highest BCUT2D eigenvalue weighted by molar-refractivity contribution is 5.96. The number of hydrogen-bond acceptors (Lipinski definition) is 4. The number of nitrogens with zero attached hydrogens (tertiary/aromatic N) is 1. The van der Waals surface area contributed by atoms with Gasteiger partial charge in [0.15, 0.2) is 5.84 Å². The van der Waals surface area contributed by atoms with Crippen LogP contribution in [0.5, 0.6) is 0 Å². The number of benzene rings is 1. The van der Waals surface area contributed by atoms with Gasteiger partial charge in [-0.1, -0.05) is 29.4 Å². The Labute approximate surface area is 107 Å². The van der Waals surface area contributed by atoms with Gasteiger partial charge in [-0.2, -0.15) is 0 Å². The molecule has 0 saturated heterocycles. The van der Waals surface area contributed by atoms with Crippen molar-refractivity contribution in [3.8, 4) is 0 Å². The Hall–Kier alpha value is -1.59. The summed E-state index contributed by atoms with van der Waals surface area (Å²) in [5.74, 6) is 0.117. The van der Waals surface area contributed by atoms with E-state index in [4.69, 9.17) is 16.0 Å². The van der Waals surface area contributed by atoms with Gasteiger partial charge in [-0.25, -0.2) is 0 Å². The quantitative estimate of drug-likeness (QED) is 0.252. The third-order valence-corrected chi connectivity index (χ3v) is 2.81. The highest BCUT2D eigenvalue weighted by Gasteiger charge is 2.02. The maximum atomic E-state index is 8.74. The molecule has 0 fully saturated rings. The number of aliphatic hydroxyl groups excluding tert-OH is 1. The lowest BCUT2D eigenvalue weighted by Gasteiger charge is -2.13. The van der Waals surface area contributed by atoms with E-state index in [9.17, 15) is 0 Å². The van der Waals surface area contributed by atoms with Crippen molar-refractivity contribution in [1.29, 1.82) is 0 Å². The van der Waals surface area contributed by atoms with Crippen LogP contribution in [-0.2, 0) is 6.54 Å². The molecule has 0 heterocycles. The predicted molar refractivity (Wildman–Crippen MR) is 71.6 cm³/mol. The molecule has 0 aliphatic carbocycles. The van der Waals surface area contributed by atoms with Crippen molar-refractivity contribution >= 4 is 5.84 Å². The zero-order valence-electron chi connectivity index (χ0n) is 10.6. The van der Waals surface area contributed by atoms with Crippen LogP contribution >= 0.6 is 0 Å². The molecule has 5 heteroatoms. The molecular weight excluding hydrogens is 230 g/mol. The van der Waals surface area contributed by atoms with Gasteiger partial charge in [0.05, 0.1) is 0 Å². The second-order valence-electron chi connectivity index (χ2n) is 4.33. The normalized spacial score (nSPS) is 13.6. The third-order valence-electron chi connectivity index (χ3n) is 2.81. The maximum Gasteiger partial charge on any atom is 0.170 e. The van der Waals surface area contributed by atoms with Crippen molar-refractivity contribution in [2.24, 2.45) is 10.9 Å². The number of amidine groups is 1. The zero-order valence-corrected chi connectivity index (χ0v) is 10.6. The predicted octanol–water partition coefficient (Wildman–Crippen LogP) is 1.03. The highest BCUT2D eigenvalue weighted by atomic mass is 16.4. The van der Waals surface area contributed by atoms with Crippen LogP contribution in [0.2, 0.25) is 0 Å². The summed E-state index contributed by atoms with van der Waals surface area (Å²) < 4.78 is 0. The topological polar surface area (TPSA) is 90.9 Å². The van der Waals surface area contributed by atoms with Crippen LogP contribution in [0.4, 0.5) is 0 Å². The molecule has 0 radical (unpaired) electrons. The van der Waals surface area contributed by atoms with Crippen molar-refractivity contribution in [1.82, 2.24) is 5.32 Å². The van der Waals surface area contributed by atoms with Crippen molar-refractivity contribution in [3.05, 3.63) is 35.4 Å². The second-order valence-corrected chi connectivity index (χ2v) is 4.33. The van der Waals surface area contributed by atoms with Gasteiger partial charge in [0.2, 0.25) is 0 Å². The largest absolute Gasteiger partial charge is 0.409 e. The molecule has 1 aromatic rings. The van der Waals surface area contributed by atoms with Crippen molar-refractivity contribution in [2.75, 3.05) is 6.61 Å². The fourth-order valence-electron chi connectivity index (χ4n) is 1.64. The first-order chi connectivity index (χ1) is 8.67. The number of hydrogen-bond donors (Lipinski definition) is 4. The molecule has 0 aliphatic heterocycles. The summed E-state index contributed by atoms with van der Waals surface area (Å²) in [6.07, 6.45) is 1.77. The van der Waals surface area contributed by atoms with Crippen molar-refractivity contribution in [3.63, 3.8) is 0 Å². The molecule has 100 valence electrons. The lowest BCUT2D eigenvalue weighted by Crippen LogP contribution is -2.25. The average molecular weight is 251 g/mol. The van der Waals surface area contributed by atoms with E-state index in [-0.39, 0.29) is 12.4 Å². The van der Waals surface area contributed by atoms with E-state index in [1.807, 2.05) is 24.3 Å². The Morgan fingerprint density at radius 3 is 2.61 bits per heavy atom. The van der Waals surface area contributed by atoms with Gasteiger partial charge >= 0.3 is 0 Å². The van der Waals surface area contributed by atoms with E-state index in [1.165, 1.54) is 0 Å². The molecule has 0 aliphatic rings. The van der Waals surface area contributed by atoms with E-state index in [1.54, 1.807) is 0 Å². The van der Waals surface area contributed by atoms with Crippen LogP contribution in [0.3, 0.4) is 0 Å². The first-order valence-electron chi connectivity index (χ1n) is 6.08. The number of oxime groups is 1. The summed E-state index contributed by atoms with van der Waals surface area (Å²) in [6.45, 7) is 3.10. The molecule has 0 bridgehead atoms. The summed E-state index contributed by atoms with van der Waals surface area (Å²) in [5.41, 5.74) is 7.32. The van der Waals surface area contributed by atoms with E-state index in [0.29, 0.717) is 11.6 Å². The number of nitrogens with one attached hydrogen (secondary N) is 1. The van der Waals surface area contributed by atoms with Crippen LogP contribution in [0, 0.1) is 0 Å². The summed E-state index contributed by atoms with van der Waals surface area (Å²) in [6, 6.07) is 7.91. The third kappa shape index (κ3) is 4.73. The van der Waals surface area contributed by atoms with Crippen LogP contribution < -0.4 is 11.1 Å². The SMILES string of the molecule is CC(CCCO)NCc1ccc(C(N)=NO)cc1. The van der Waals surface area contributed by atoms with E-state index >= 15 is 0 Å². The smallest absolute Gasteiger partial charge is 0.170 e. The second kappa shape index (κ2) is 7.68. The number of nitrogens with two attached hydrogens (primary N) is 1. The molecule has 1 aromatic carbocycles. The molecule has 5 N–H and O–H groups in total. The van der Waals surface area contributed by atoms with E-state index in [2.05, 4.69) is 17.4 Å². The van der Waals surface area contributed by atoms with Crippen molar-refractivity contribution in [2.45, 2.75) is 32.4 Å². The number of aliphatic hydroxyl groups is 1. The Morgan fingerprint density at radius 2 is 2.06 bits per heavy atom. The van der Waals surface area contributed by atoms with Gasteiger partial charge in [0.25, 0.3) is 0 Å². The fourth-order valence-corrected chi connectivity index (χ4v) is 1.64. The highest BCUT2D eigenvalue weighted by Crippen LogP contribution is 2.05. The minimum Gasteiger partial charge on any atom is -0.409 e. The summed E-state index contributed by atoms with van der Waals surface area (Å²) >= 11 is 0. The van der Waals surface area contributed by atoms with Gasteiger partial charge in [0.1, 0.15) is 0 Å². The van der Waals surface area contributed by atoms with Gasteiger partial charge in [-0.15, -0.1) is 0 Å². The van der Waals surface area contributed by atoms with E-state index < -0.39 is 0 Å². The molecule has 0 saturated carbocycles. The molecule has 0 aromatic heterocycles. The Kier molecular flexibility index (Phi) is 6.18. The van der Waals surface area contributed by atoms with Gasteiger partial charge < -0.3 is 21.4 Å². The molecule has 1 unspecified atom stereocenters. The standard InChI is InChI=1S/C13H21N3O2/c1-10(3-2-8-17)15-9-11-4-6-12(7-5-11)13(14)16-18/h4-7,10,15,17-18H,2-3,8-9H2,1H3,(H2,14,16). The lowest BCUT2D eigenvalue weighted by molar-refractivity contribution is 0.276.